The van der Waals surface area contributed by atoms with Crippen LogP contribution >= 0.6 is 0 Å². The molecule has 0 saturated heterocycles. The lowest BCUT2D eigenvalue weighted by molar-refractivity contribution is -0.130. The molecule has 3 rings (SSSR count). The molecule has 1 aliphatic rings. The van der Waals surface area contributed by atoms with E-state index < -0.39 is 28.0 Å². The first-order valence-electron chi connectivity index (χ1n) is 8.56. The van der Waals surface area contributed by atoms with Gasteiger partial charge >= 0.3 is 5.97 Å². The summed E-state index contributed by atoms with van der Waals surface area (Å²) in [6, 6.07) is 12.2. The maximum absolute atomic E-state index is 12.8. The van der Waals surface area contributed by atoms with E-state index in [0.29, 0.717) is 5.56 Å². The molecule has 2 aromatic rings. The predicted molar refractivity (Wildman–Crippen MR) is 100 cm³/mol. The Labute approximate surface area is 162 Å². The van der Waals surface area contributed by atoms with Crippen LogP contribution in [0.15, 0.2) is 53.4 Å². The van der Waals surface area contributed by atoms with Crippen molar-refractivity contribution in [2.75, 3.05) is 7.11 Å². The van der Waals surface area contributed by atoms with Crippen molar-refractivity contribution in [1.29, 1.82) is 0 Å². The number of esters is 1. The predicted octanol–water partition coefficient (Wildman–Crippen LogP) is 1.52. The molecule has 1 amide bonds. The molecule has 9 heteroatoms. The number of ether oxygens (including phenoxy) is 2. The summed E-state index contributed by atoms with van der Waals surface area (Å²) in [4.78, 5) is 25.1. The van der Waals surface area contributed by atoms with Crippen molar-refractivity contribution in [2.24, 2.45) is 5.14 Å². The van der Waals surface area contributed by atoms with E-state index in [2.05, 4.69) is 5.32 Å². The summed E-state index contributed by atoms with van der Waals surface area (Å²) in [5.74, 6) is -1.24. The van der Waals surface area contributed by atoms with Gasteiger partial charge in [-0.25, -0.2) is 18.4 Å². The lowest BCUT2D eigenvalue weighted by Crippen LogP contribution is -2.33. The van der Waals surface area contributed by atoms with Crippen LogP contribution < -0.4 is 15.2 Å². The zero-order chi connectivity index (χ0) is 20.3. The zero-order valence-corrected chi connectivity index (χ0v) is 15.9. The summed E-state index contributed by atoms with van der Waals surface area (Å²) >= 11 is 0. The zero-order valence-electron chi connectivity index (χ0n) is 15.1. The number of carbonyl (C=O) groups excluding carboxylic acids is 2. The number of amides is 1. The Morgan fingerprint density at radius 1 is 1.14 bits per heavy atom. The number of hydrogen-bond donors (Lipinski definition) is 2. The molecule has 1 atom stereocenters. The van der Waals surface area contributed by atoms with Gasteiger partial charge in [0, 0.05) is 11.6 Å². The van der Waals surface area contributed by atoms with Crippen LogP contribution in [0.1, 0.15) is 34.9 Å². The van der Waals surface area contributed by atoms with Gasteiger partial charge in [-0.15, -0.1) is 0 Å². The standard InChI is InChI=1S/C19H20N2O6S/c1-26-16-10-9-14(28(20,24)25)11-15(16)19(23)27-17(12-5-3-2-4-6-12)18(22)21-13-7-8-13/h2-6,9-11,13,17H,7-8H2,1H3,(H,21,22)(H2,20,24,25)/t17-/m0/s1. The van der Waals surface area contributed by atoms with E-state index in [-0.39, 0.29) is 22.3 Å². The van der Waals surface area contributed by atoms with Gasteiger partial charge in [0.15, 0.2) is 0 Å². The fraction of sp³-hybridized carbons (Fsp3) is 0.263. The van der Waals surface area contributed by atoms with Gasteiger partial charge in [0.05, 0.1) is 12.0 Å². The minimum Gasteiger partial charge on any atom is -0.496 e. The number of sulfonamides is 1. The summed E-state index contributed by atoms with van der Waals surface area (Å²) < 4.78 is 33.8. The maximum Gasteiger partial charge on any atom is 0.343 e. The van der Waals surface area contributed by atoms with E-state index in [9.17, 15) is 18.0 Å². The van der Waals surface area contributed by atoms with E-state index in [1.165, 1.54) is 19.2 Å². The number of benzene rings is 2. The SMILES string of the molecule is COc1ccc(S(N)(=O)=O)cc1C(=O)O[C@H](C(=O)NC1CC1)c1ccccc1. The van der Waals surface area contributed by atoms with Crippen LogP contribution in [0, 0.1) is 0 Å². The first kappa shape index (κ1) is 19.8. The molecular formula is C19H20N2O6S. The van der Waals surface area contributed by atoms with Crippen molar-refractivity contribution in [3.8, 4) is 5.75 Å². The van der Waals surface area contributed by atoms with Crippen molar-refractivity contribution in [2.45, 2.75) is 29.9 Å². The fourth-order valence-electron chi connectivity index (χ4n) is 2.60. The van der Waals surface area contributed by atoms with Crippen LogP contribution in [0.5, 0.6) is 5.75 Å². The van der Waals surface area contributed by atoms with Gasteiger partial charge in [0.25, 0.3) is 5.91 Å². The number of methoxy groups -OCH3 is 1. The van der Waals surface area contributed by atoms with Crippen LogP contribution in [0.25, 0.3) is 0 Å². The third-order valence-corrected chi connectivity index (χ3v) is 5.12. The molecule has 0 unspecified atom stereocenters. The number of nitrogens with two attached hydrogens (primary N) is 1. The van der Waals surface area contributed by atoms with Crippen molar-refractivity contribution in [1.82, 2.24) is 5.32 Å². The summed E-state index contributed by atoms with van der Waals surface area (Å²) in [5, 5.41) is 7.95. The van der Waals surface area contributed by atoms with Gasteiger partial charge in [-0.3, -0.25) is 4.79 Å². The molecule has 0 aliphatic heterocycles. The molecule has 0 aromatic heterocycles. The molecule has 8 nitrogen and oxygen atoms in total. The van der Waals surface area contributed by atoms with Crippen molar-refractivity contribution >= 4 is 21.9 Å². The second-order valence-electron chi connectivity index (χ2n) is 6.39. The quantitative estimate of drug-likeness (QED) is 0.674. The van der Waals surface area contributed by atoms with Gasteiger partial charge in [-0.05, 0) is 31.0 Å². The largest absolute Gasteiger partial charge is 0.496 e. The number of hydrogen-bond acceptors (Lipinski definition) is 6. The Morgan fingerprint density at radius 2 is 1.82 bits per heavy atom. The number of nitrogens with one attached hydrogen (secondary N) is 1. The van der Waals surface area contributed by atoms with Crippen LogP contribution in [0.2, 0.25) is 0 Å². The number of carbonyl (C=O) groups is 2. The average Bonchev–Trinajstić information content (AvgIpc) is 3.49. The van der Waals surface area contributed by atoms with Gasteiger partial charge < -0.3 is 14.8 Å². The second kappa shape index (κ2) is 7.99. The lowest BCUT2D eigenvalue weighted by atomic mass is 10.1. The number of primary sulfonamides is 1. The van der Waals surface area contributed by atoms with Crippen molar-refractivity contribution in [3.05, 3.63) is 59.7 Å². The molecule has 3 N–H and O–H groups in total. The lowest BCUT2D eigenvalue weighted by Gasteiger charge is -2.19. The Hall–Kier alpha value is -2.91. The van der Waals surface area contributed by atoms with Crippen molar-refractivity contribution < 1.29 is 27.5 Å². The average molecular weight is 404 g/mol. The normalized spacial score (nSPS) is 14.8. The Bertz CT molecular complexity index is 987. The van der Waals surface area contributed by atoms with Gasteiger partial charge in [0.2, 0.25) is 16.1 Å². The fourth-order valence-corrected chi connectivity index (χ4v) is 3.14. The topological polar surface area (TPSA) is 125 Å². The first-order valence-corrected chi connectivity index (χ1v) is 10.1. The first-order chi connectivity index (χ1) is 13.3. The van der Waals surface area contributed by atoms with E-state index in [4.69, 9.17) is 14.6 Å². The van der Waals surface area contributed by atoms with E-state index in [0.717, 1.165) is 18.9 Å². The van der Waals surface area contributed by atoms with E-state index in [1.54, 1.807) is 30.3 Å². The van der Waals surface area contributed by atoms with Crippen LogP contribution in [0.4, 0.5) is 0 Å². The summed E-state index contributed by atoms with van der Waals surface area (Å²) in [7, 11) is -2.70. The van der Waals surface area contributed by atoms with Gasteiger partial charge in [-0.2, -0.15) is 0 Å². The molecule has 1 fully saturated rings. The Morgan fingerprint density at radius 3 is 2.39 bits per heavy atom. The molecule has 0 heterocycles. The van der Waals surface area contributed by atoms with E-state index in [1.807, 2.05) is 0 Å². The highest BCUT2D eigenvalue weighted by atomic mass is 32.2. The monoisotopic (exact) mass is 404 g/mol. The van der Waals surface area contributed by atoms with Gasteiger partial charge in [0.1, 0.15) is 11.3 Å². The highest BCUT2D eigenvalue weighted by molar-refractivity contribution is 7.89. The highest BCUT2D eigenvalue weighted by Gasteiger charge is 2.32. The second-order valence-corrected chi connectivity index (χ2v) is 7.95. The maximum atomic E-state index is 12.8. The number of rotatable bonds is 7. The minimum atomic E-state index is -4.03. The molecule has 28 heavy (non-hydrogen) atoms. The summed E-state index contributed by atoms with van der Waals surface area (Å²) in [6.45, 7) is 0. The minimum absolute atomic E-state index is 0.0812. The summed E-state index contributed by atoms with van der Waals surface area (Å²) in [5.41, 5.74) is 0.352. The van der Waals surface area contributed by atoms with Crippen LogP contribution in [0.3, 0.4) is 0 Å². The third kappa shape index (κ3) is 4.68. The molecule has 148 valence electrons. The molecule has 0 spiro atoms. The molecule has 1 saturated carbocycles. The Balaban J connectivity index is 1.92. The van der Waals surface area contributed by atoms with Gasteiger partial charge in [-0.1, -0.05) is 30.3 Å². The highest BCUT2D eigenvalue weighted by Crippen LogP contribution is 2.27. The molecular weight excluding hydrogens is 384 g/mol. The van der Waals surface area contributed by atoms with Crippen LogP contribution in [-0.2, 0) is 19.6 Å². The van der Waals surface area contributed by atoms with E-state index >= 15 is 0 Å². The van der Waals surface area contributed by atoms with Crippen LogP contribution in [-0.4, -0.2) is 33.4 Å². The molecule has 1 aliphatic carbocycles. The third-order valence-electron chi connectivity index (χ3n) is 4.21. The molecule has 2 aromatic carbocycles. The smallest absolute Gasteiger partial charge is 0.343 e. The Kier molecular flexibility index (Phi) is 5.66. The molecule has 0 radical (unpaired) electrons. The molecule has 0 bridgehead atoms. The van der Waals surface area contributed by atoms with Crippen molar-refractivity contribution in [3.63, 3.8) is 0 Å². The summed E-state index contributed by atoms with van der Waals surface area (Å²) in [6.07, 6.45) is 0.578.